The zero-order valence-electron chi connectivity index (χ0n) is 10.5. The van der Waals surface area contributed by atoms with Crippen LogP contribution in [0.15, 0.2) is 12.1 Å². The molecule has 4 nitrogen and oxygen atoms in total. The summed E-state index contributed by atoms with van der Waals surface area (Å²) in [5.74, 6) is -0.0484. The SMILES string of the molecule is CCN(CCC#N)C(=O)c1ccc(C)nc1C. The van der Waals surface area contributed by atoms with Gasteiger partial charge in [0.05, 0.1) is 23.7 Å². The van der Waals surface area contributed by atoms with Gasteiger partial charge in [-0.1, -0.05) is 0 Å². The summed E-state index contributed by atoms with van der Waals surface area (Å²) >= 11 is 0. The van der Waals surface area contributed by atoms with Crippen molar-refractivity contribution in [1.82, 2.24) is 9.88 Å². The molecule has 0 radical (unpaired) electrons. The Hall–Kier alpha value is -1.89. The second kappa shape index (κ2) is 6.00. The van der Waals surface area contributed by atoms with Crippen LogP contribution in [0.1, 0.15) is 35.1 Å². The van der Waals surface area contributed by atoms with E-state index in [1.54, 1.807) is 11.0 Å². The second-order valence-corrected chi connectivity index (χ2v) is 3.88. The molecule has 1 amide bonds. The van der Waals surface area contributed by atoms with Crippen LogP contribution < -0.4 is 0 Å². The maximum absolute atomic E-state index is 12.2. The van der Waals surface area contributed by atoms with Crippen LogP contribution in [0.4, 0.5) is 0 Å². The van der Waals surface area contributed by atoms with E-state index < -0.39 is 0 Å². The summed E-state index contributed by atoms with van der Waals surface area (Å²) in [6.45, 7) is 6.71. The monoisotopic (exact) mass is 231 g/mol. The minimum Gasteiger partial charge on any atom is -0.338 e. The van der Waals surface area contributed by atoms with Crippen LogP contribution in [-0.2, 0) is 0 Å². The number of pyridine rings is 1. The maximum Gasteiger partial charge on any atom is 0.255 e. The Labute approximate surface area is 102 Å². The summed E-state index contributed by atoms with van der Waals surface area (Å²) in [7, 11) is 0. The number of carbonyl (C=O) groups is 1. The van der Waals surface area contributed by atoms with Crippen molar-refractivity contribution in [2.24, 2.45) is 0 Å². The predicted molar refractivity (Wildman–Crippen MR) is 65.5 cm³/mol. The average Bonchev–Trinajstić information content (AvgIpc) is 2.29. The number of amides is 1. The van der Waals surface area contributed by atoms with E-state index in [-0.39, 0.29) is 5.91 Å². The average molecular weight is 231 g/mol. The number of nitrogens with zero attached hydrogens (tertiary/aromatic N) is 3. The predicted octanol–water partition coefficient (Wildman–Crippen LogP) is 2.07. The van der Waals surface area contributed by atoms with Gasteiger partial charge in [-0.3, -0.25) is 9.78 Å². The fraction of sp³-hybridized carbons (Fsp3) is 0.462. The topological polar surface area (TPSA) is 57.0 Å². The van der Waals surface area contributed by atoms with Crippen LogP contribution in [0.3, 0.4) is 0 Å². The molecule has 0 saturated carbocycles. The molecule has 4 heteroatoms. The highest BCUT2D eigenvalue weighted by molar-refractivity contribution is 5.95. The summed E-state index contributed by atoms with van der Waals surface area (Å²) in [4.78, 5) is 18.1. The highest BCUT2D eigenvalue weighted by atomic mass is 16.2. The van der Waals surface area contributed by atoms with Crippen LogP contribution >= 0.6 is 0 Å². The first kappa shape index (κ1) is 13.2. The normalized spacial score (nSPS) is 9.76. The molecule has 0 N–H and O–H groups in total. The van der Waals surface area contributed by atoms with Crippen molar-refractivity contribution in [3.63, 3.8) is 0 Å². The Balaban J connectivity index is 2.90. The molecule has 0 aliphatic carbocycles. The summed E-state index contributed by atoms with van der Waals surface area (Å²) < 4.78 is 0. The lowest BCUT2D eigenvalue weighted by molar-refractivity contribution is 0.0766. The first-order valence-electron chi connectivity index (χ1n) is 5.70. The van der Waals surface area contributed by atoms with Gasteiger partial charge in [0.25, 0.3) is 5.91 Å². The van der Waals surface area contributed by atoms with E-state index in [1.165, 1.54) is 0 Å². The lowest BCUT2D eigenvalue weighted by atomic mass is 10.1. The number of hydrogen-bond donors (Lipinski definition) is 0. The van der Waals surface area contributed by atoms with E-state index in [4.69, 9.17) is 5.26 Å². The summed E-state index contributed by atoms with van der Waals surface area (Å²) in [5.41, 5.74) is 2.26. The number of rotatable bonds is 4. The van der Waals surface area contributed by atoms with Gasteiger partial charge in [0.1, 0.15) is 0 Å². The molecular weight excluding hydrogens is 214 g/mol. The van der Waals surface area contributed by atoms with Gasteiger partial charge in [-0.25, -0.2) is 0 Å². The lowest BCUT2D eigenvalue weighted by Gasteiger charge is -2.20. The first-order chi connectivity index (χ1) is 8.10. The molecule has 0 aromatic carbocycles. The fourth-order valence-electron chi connectivity index (χ4n) is 1.67. The Morgan fingerprint density at radius 3 is 2.71 bits per heavy atom. The lowest BCUT2D eigenvalue weighted by Crippen LogP contribution is -2.32. The molecule has 17 heavy (non-hydrogen) atoms. The third-order valence-corrected chi connectivity index (χ3v) is 2.62. The zero-order chi connectivity index (χ0) is 12.8. The molecule has 1 rings (SSSR count). The molecule has 0 fully saturated rings. The molecule has 0 spiro atoms. The van der Waals surface area contributed by atoms with E-state index >= 15 is 0 Å². The van der Waals surface area contributed by atoms with Gasteiger partial charge >= 0.3 is 0 Å². The Morgan fingerprint density at radius 1 is 1.47 bits per heavy atom. The van der Waals surface area contributed by atoms with E-state index in [2.05, 4.69) is 11.1 Å². The number of aromatic nitrogens is 1. The third-order valence-electron chi connectivity index (χ3n) is 2.62. The molecule has 1 heterocycles. The van der Waals surface area contributed by atoms with Crippen LogP contribution in [0.2, 0.25) is 0 Å². The molecule has 0 atom stereocenters. The van der Waals surface area contributed by atoms with Gasteiger partial charge < -0.3 is 4.90 Å². The van der Waals surface area contributed by atoms with Gasteiger partial charge in [-0.05, 0) is 32.9 Å². The van der Waals surface area contributed by atoms with Gasteiger partial charge in [0.2, 0.25) is 0 Å². The largest absolute Gasteiger partial charge is 0.338 e. The molecule has 0 unspecified atom stereocenters. The van der Waals surface area contributed by atoms with E-state index in [9.17, 15) is 4.79 Å². The summed E-state index contributed by atoms with van der Waals surface area (Å²) in [6, 6.07) is 5.69. The Bertz CT molecular complexity index is 448. The van der Waals surface area contributed by atoms with Crippen LogP contribution in [-0.4, -0.2) is 28.9 Å². The molecule has 0 aliphatic heterocycles. The first-order valence-corrected chi connectivity index (χ1v) is 5.70. The molecule has 0 bridgehead atoms. The summed E-state index contributed by atoms with van der Waals surface area (Å²) in [5, 5.41) is 8.55. The van der Waals surface area contributed by atoms with E-state index in [1.807, 2.05) is 26.8 Å². The molecule has 1 aromatic rings. The summed E-state index contributed by atoms with van der Waals surface area (Å²) in [6.07, 6.45) is 0.359. The number of nitriles is 1. The zero-order valence-corrected chi connectivity index (χ0v) is 10.5. The second-order valence-electron chi connectivity index (χ2n) is 3.88. The number of hydrogen-bond acceptors (Lipinski definition) is 3. The standard InChI is InChI=1S/C13H17N3O/c1-4-16(9-5-8-14)13(17)12-7-6-10(2)15-11(12)3/h6-7H,4-5,9H2,1-3H3. The highest BCUT2D eigenvalue weighted by Crippen LogP contribution is 2.10. The Morgan fingerprint density at radius 2 is 2.18 bits per heavy atom. The molecule has 90 valence electrons. The Kier molecular flexibility index (Phi) is 4.65. The molecule has 0 aliphatic rings. The van der Waals surface area contributed by atoms with Crippen molar-refractivity contribution in [3.8, 4) is 6.07 Å². The van der Waals surface area contributed by atoms with Crippen molar-refractivity contribution < 1.29 is 4.79 Å². The molecule has 1 aromatic heterocycles. The number of carbonyl (C=O) groups excluding carboxylic acids is 1. The van der Waals surface area contributed by atoms with Crippen molar-refractivity contribution in [2.75, 3.05) is 13.1 Å². The van der Waals surface area contributed by atoms with Crippen LogP contribution in [0.5, 0.6) is 0 Å². The van der Waals surface area contributed by atoms with Crippen LogP contribution in [0.25, 0.3) is 0 Å². The van der Waals surface area contributed by atoms with Gasteiger partial charge in [-0.15, -0.1) is 0 Å². The van der Waals surface area contributed by atoms with Gasteiger partial charge in [-0.2, -0.15) is 5.26 Å². The van der Waals surface area contributed by atoms with Crippen molar-refractivity contribution in [2.45, 2.75) is 27.2 Å². The van der Waals surface area contributed by atoms with Crippen molar-refractivity contribution in [1.29, 1.82) is 5.26 Å². The fourth-order valence-corrected chi connectivity index (χ4v) is 1.67. The van der Waals surface area contributed by atoms with Gasteiger partial charge in [0.15, 0.2) is 0 Å². The van der Waals surface area contributed by atoms with Crippen molar-refractivity contribution in [3.05, 3.63) is 29.1 Å². The van der Waals surface area contributed by atoms with Gasteiger partial charge in [0, 0.05) is 18.8 Å². The maximum atomic E-state index is 12.2. The smallest absolute Gasteiger partial charge is 0.255 e. The van der Waals surface area contributed by atoms with Crippen molar-refractivity contribution >= 4 is 5.91 Å². The quantitative estimate of drug-likeness (QED) is 0.797. The number of aryl methyl sites for hydroxylation is 2. The van der Waals surface area contributed by atoms with E-state index in [0.717, 1.165) is 11.4 Å². The highest BCUT2D eigenvalue weighted by Gasteiger charge is 2.16. The third kappa shape index (κ3) is 3.28. The van der Waals surface area contributed by atoms with Crippen LogP contribution in [0, 0.1) is 25.2 Å². The molecular formula is C13H17N3O. The minimum atomic E-state index is -0.0484. The molecule has 0 saturated heterocycles. The minimum absolute atomic E-state index is 0.0484. The van der Waals surface area contributed by atoms with E-state index in [0.29, 0.717) is 25.1 Å².